The lowest BCUT2D eigenvalue weighted by atomic mass is 10.2. The van der Waals surface area contributed by atoms with Crippen LogP contribution in [0.4, 0.5) is 0 Å². The van der Waals surface area contributed by atoms with Gasteiger partial charge in [0.05, 0.1) is 6.04 Å². The van der Waals surface area contributed by atoms with Gasteiger partial charge in [-0.1, -0.05) is 5.16 Å². The largest absolute Gasteiger partial charge is 0.338 e. The van der Waals surface area contributed by atoms with Crippen LogP contribution in [0.2, 0.25) is 0 Å². The molecule has 1 aromatic heterocycles. The summed E-state index contributed by atoms with van der Waals surface area (Å²) in [5.74, 6) is 3.02. The van der Waals surface area contributed by atoms with Crippen molar-refractivity contribution in [3.05, 3.63) is 11.7 Å². The number of thioether (sulfide) groups is 1. The first kappa shape index (κ1) is 9.98. The lowest BCUT2D eigenvalue weighted by Gasteiger charge is -2.03. The Morgan fingerprint density at radius 3 is 3.07 bits per heavy atom. The van der Waals surface area contributed by atoms with E-state index in [2.05, 4.69) is 16.4 Å². The maximum atomic E-state index is 5.91. The maximum absolute atomic E-state index is 5.91. The number of rotatable bonds is 5. The number of nitrogens with zero attached hydrogens (tertiary/aromatic N) is 2. The first-order valence-corrected chi connectivity index (χ1v) is 6.28. The molecular formula is C9H15N3OS. The van der Waals surface area contributed by atoms with Crippen molar-refractivity contribution in [2.75, 3.05) is 12.0 Å². The molecule has 1 aliphatic rings. The minimum Gasteiger partial charge on any atom is -0.338 e. The number of hydrogen-bond donors (Lipinski definition) is 1. The summed E-state index contributed by atoms with van der Waals surface area (Å²) in [5, 5.41) is 3.93. The van der Waals surface area contributed by atoms with Crippen LogP contribution in [0.5, 0.6) is 0 Å². The topological polar surface area (TPSA) is 64.9 Å². The zero-order valence-corrected chi connectivity index (χ0v) is 9.09. The highest BCUT2D eigenvalue weighted by Crippen LogP contribution is 2.38. The minimum absolute atomic E-state index is 0.0950. The summed E-state index contributed by atoms with van der Waals surface area (Å²) in [7, 11) is 0. The van der Waals surface area contributed by atoms with E-state index in [1.165, 1.54) is 12.8 Å². The van der Waals surface area contributed by atoms with Crippen molar-refractivity contribution in [1.82, 2.24) is 10.1 Å². The molecule has 0 saturated heterocycles. The van der Waals surface area contributed by atoms with Gasteiger partial charge < -0.3 is 10.3 Å². The predicted molar refractivity (Wildman–Crippen MR) is 56.2 cm³/mol. The van der Waals surface area contributed by atoms with Gasteiger partial charge in [-0.3, -0.25) is 0 Å². The molecule has 1 atom stereocenters. The molecule has 1 fully saturated rings. The van der Waals surface area contributed by atoms with Gasteiger partial charge in [0.1, 0.15) is 0 Å². The third kappa shape index (κ3) is 2.27. The van der Waals surface area contributed by atoms with Crippen LogP contribution in [0.1, 0.15) is 42.9 Å². The first-order valence-electron chi connectivity index (χ1n) is 4.89. The van der Waals surface area contributed by atoms with Crippen LogP contribution in [-0.2, 0) is 0 Å². The van der Waals surface area contributed by atoms with E-state index >= 15 is 0 Å². The molecular weight excluding hydrogens is 198 g/mol. The summed E-state index contributed by atoms with van der Waals surface area (Å²) in [6.45, 7) is 0. The smallest absolute Gasteiger partial charge is 0.243 e. The zero-order valence-electron chi connectivity index (χ0n) is 8.27. The Kier molecular flexibility index (Phi) is 3.08. The number of nitrogens with two attached hydrogens (primary N) is 1. The molecule has 1 aromatic rings. The lowest BCUT2D eigenvalue weighted by Crippen LogP contribution is -2.11. The minimum atomic E-state index is -0.0950. The summed E-state index contributed by atoms with van der Waals surface area (Å²) in [4.78, 5) is 4.31. The van der Waals surface area contributed by atoms with Crippen LogP contribution in [0.3, 0.4) is 0 Å². The molecule has 0 aromatic carbocycles. The molecule has 0 bridgehead atoms. The molecule has 1 saturated carbocycles. The number of aromatic nitrogens is 2. The van der Waals surface area contributed by atoms with Gasteiger partial charge in [-0.05, 0) is 31.3 Å². The molecule has 2 rings (SSSR count). The van der Waals surface area contributed by atoms with Crippen LogP contribution in [0, 0.1) is 0 Å². The van der Waals surface area contributed by atoms with Gasteiger partial charge in [0.25, 0.3) is 0 Å². The van der Waals surface area contributed by atoms with Crippen LogP contribution >= 0.6 is 11.8 Å². The summed E-state index contributed by atoms with van der Waals surface area (Å²) in [6.07, 6.45) is 5.35. The van der Waals surface area contributed by atoms with E-state index in [9.17, 15) is 0 Å². The SMILES string of the molecule is CSCC[C@H](N)c1nc(C2CC2)no1. The highest BCUT2D eigenvalue weighted by molar-refractivity contribution is 7.98. The average molecular weight is 213 g/mol. The van der Waals surface area contributed by atoms with Crippen LogP contribution in [0.25, 0.3) is 0 Å². The van der Waals surface area contributed by atoms with E-state index in [-0.39, 0.29) is 6.04 Å². The Morgan fingerprint density at radius 2 is 2.43 bits per heavy atom. The van der Waals surface area contributed by atoms with Gasteiger partial charge in [-0.15, -0.1) is 0 Å². The maximum Gasteiger partial charge on any atom is 0.243 e. The second-order valence-corrected chi connectivity index (χ2v) is 4.64. The zero-order chi connectivity index (χ0) is 9.97. The molecule has 5 heteroatoms. The molecule has 1 aliphatic carbocycles. The first-order chi connectivity index (χ1) is 6.81. The molecule has 0 spiro atoms. The van der Waals surface area contributed by atoms with Crippen molar-refractivity contribution in [3.63, 3.8) is 0 Å². The third-order valence-corrected chi connectivity index (χ3v) is 2.99. The van der Waals surface area contributed by atoms with Gasteiger partial charge >= 0.3 is 0 Å². The van der Waals surface area contributed by atoms with Gasteiger partial charge in [-0.2, -0.15) is 16.7 Å². The summed E-state index contributed by atoms with van der Waals surface area (Å²) >= 11 is 1.78. The molecule has 2 N–H and O–H groups in total. The van der Waals surface area contributed by atoms with Gasteiger partial charge in [0.2, 0.25) is 5.89 Å². The Hall–Kier alpha value is -0.550. The Labute approximate surface area is 87.6 Å². The molecule has 4 nitrogen and oxygen atoms in total. The monoisotopic (exact) mass is 213 g/mol. The van der Waals surface area contributed by atoms with E-state index in [4.69, 9.17) is 10.3 Å². The van der Waals surface area contributed by atoms with E-state index in [1.54, 1.807) is 11.8 Å². The van der Waals surface area contributed by atoms with E-state index in [0.717, 1.165) is 18.0 Å². The van der Waals surface area contributed by atoms with Crippen LogP contribution in [-0.4, -0.2) is 22.1 Å². The fourth-order valence-corrected chi connectivity index (χ4v) is 1.76. The van der Waals surface area contributed by atoms with Crippen molar-refractivity contribution in [3.8, 4) is 0 Å². The Balaban J connectivity index is 1.93. The summed E-state index contributed by atoms with van der Waals surface area (Å²) < 4.78 is 5.13. The Bertz CT molecular complexity index is 298. The molecule has 0 radical (unpaired) electrons. The average Bonchev–Trinajstić information content (AvgIpc) is 2.93. The highest BCUT2D eigenvalue weighted by atomic mass is 32.2. The fraction of sp³-hybridized carbons (Fsp3) is 0.778. The Morgan fingerprint density at radius 1 is 1.64 bits per heavy atom. The highest BCUT2D eigenvalue weighted by Gasteiger charge is 2.29. The van der Waals surface area contributed by atoms with Gasteiger partial charge in [0.15, 0.2) is 5.82 Å². The number of hydrogen-bond acceptors (Lipinski definition) is 5. The van der Waals surface area contributed by atoms with Crippen molar-refractivity contribution in [2.24, 2.45) is 5.73 Å². The van der Waals surface area contributed by atoms with Gasteiger partial charge in [0, 0.05) is 5.92 Å². The van der Waals surface area contributed by atoms with E-state index in [1.807, 2.05) is 0 Å². The normalized spacial score (nSPS) is 18.4. The van der Waals surface area contributed by atoms with Crippen molar-refractivity contribution in [2.45, 2.75) is 31.2 Å². The second kappa shape index (κ2) is 4.31. The molecule has 0 aliphatic heterocycles. The van der Waals surface area contributed by atoms with Crippen molar-refractivity contribution < 1.29 is 4.52 Å². The van der Waals surface area contributed by atoms with Gasteiger partial charge in [-0.25, -0.2) is 0 Å². The lowest BCUT2D eigenvalue weighted by molar-refractivity contribution is 0.349. The fourth-order valence-electron chi connectivity index (χ4n) is 1.27. The van der Waals surface area contributed by atoms with Crippen LogP contribution < -0.4 is 5.73 Å². The second-order valence-electron chi connectivity index (χ2n) is 3.65. The molecule has 78 valence electrons. The predicted octanol–water partition coefficient (Wildman–Crippen LogP) is 1.70. The molecule has 14 heavy (non-hydrogen) atoms. The molecule has 0 amide bonds. The molecule has 1 heterocycles. The van der Waals surface area contributed by atoms with Crippen molar-refractivity contribution >= 4 is 11.8 Å². The standard InChI is InChI=1S/C9H15N3OS/c1-14-5-4-7(10)9-11-8(12-13-9)6-2-3-6/h6-7H,2-5,10H2,1H3/t7-/m0/s1. The quantitative estimate of drug-likeness (QED) is 0.806. The summed E-state index contributed by atoms with van der Waals surface area (Å²) in [6, 6.07) is -0.0950. The van der Waals surface area contributed by atoms with Crippen molar-refractivity contribution in [1.29, 1.82) is 0 Å². The third-order valence-electron chi connectivity index (χ3n) is 2.35. The van der Waals surface area contributed by atoms with E-state index in [0.29, 0.717) is 11.8 Å². The summed E-state index contributed by atoms with van der Waals surface area (Å²) in [5.41, 5.74) is 5.91. The van der Waals surface area contributed by atoms with Crippen LogP contribution in [0.15, 0.2) is 4.52 Å². The van der Waals surface area contributed by atoms with E-state index < -0.39 is 0 Å². The molecule has 0 unspecified atom stereocenters.